The first-order valence-electron chi connectivity index (χ1n) is 8.76. The summed E-state index contributed by atoms with van der Waals surface area (Å²) in [5.41, 5.74) is 2.43. The zero-order valence-electron chi connectivity index (χ0n) is 15.4. The topological polar surface area (TPSA) is 83.0 Å². The lowest BCUT2D eigenvalue weighted by atomic mass is 10.1. The van der Waals surface area contributed by atoms with Gasteiger partial charge in [0.15, 0.2) is 0 Å². The van der Waals surface area contributed by atoms with Crippen LogP contribution in [0.3, 0.4) is 0 Å². The largest absolute Gasteiger partial charge is 0.480 e. The third kappa shape index (κ3) is 5.12. The van der Waals surface area contributed by atoms with Crippen LogP contribution in [-0.4, -0.2) is 77.7 Å². The number of amides is 1. The van der Waals surface area contributed by atoms with Gasteiger partial charge in [-0.25, -0.2) is 4.98 Å². The highest BCUT2D eigenvalue weighted by atomic mass is 32.1. The lowest BCUT2D eigenvalue weighted by Crippen LogP contribution is -2.49. The number of morpholine rings is 1. The molecule has 1 fully saturated rings. The van der Waals surface area contributed by atoms with E-state index in [1.165, 1.54) is 0 Å². The number of hydrogen-bond acceptors (Lipinski definition) is 6. The second-order valence-electron chi connectivity index (χ2n) is 6.67. The van der Waals surface area contributed by atoms with E-state index < -0.39 is 5.97 Å². The van der Waals surface area contributed by atoms with E-state index in [1.807, 2.05) is 36.6 Å². The van der Waals surface area contributed by atoms with E-state index in [1.54, 1.807) is 28.2 Å². The number of rotatable bonds is 6. The Labute approximate surface area is 162 Å². The van der Waals surface area contributed by atoms with E-state index in [9.17, 15) is 9.59 Å². The molecule has 0 saturated carbocycles. The Morgan fingerprint density at radius 2 is 2.26 bits per heavy atom. The highest BCUT2D eigenvalue weighted by Crippen LogP contribution is 2.23. The SMILES string of the molecule is Cc1nc(-c2cccc(C(=O)N3CCOC(CN(C)CC(=O)O)C3)c2)cs1. The number of aliphatic carboxylic acids is 1. The summed E-state index contributed by atoms with van der Waals surface area (Å²) in [6, 6.07) is 7.51. The fourth-order valence-corrected chi connectivity index (χ4v) is 3.77. The van der Waals surface area contributed by atoms with Crippen molar-refractivity contribution in [1.29, 1.82) is 0 Å². The van der Waals surface area contributed by atoms with Crippen LogP contribution in [0.2, 0.25) is 0 Å². The number of carbonyl (C=O) groups is 2. The maximum atomic E-state index is 12.9. The first-order valence-corrected chi connectivity index (χ1v) is 9.64. The number of benzene rings is 1. The van der Waals surface area contributed by atoms with Crippen molar-refractivity contribution in [2.24, 2.45) is 0 Å². The maximum Gasteiger partial charge on any atom is 0.317 e. The van der Waals surface area contributed by atoms with Crippen LogP contribution in [0.25, 0.3) is 11.3 Å². The average Bonchev–Trinajstić information content (AvgIpc) is 3.07. The van der Waals surface area contributed by atoms with Crippen molar-refractivity contribution < 1.29 is 19.4 Å². The lowest BCUT2D eigenvalue weighted by Gasteiger charge is -2.34. The average molecular weight is 389 g/mol. The van der Waals surface area contributed by atoms with Crippen LogP contribution in [0.1, 0.15) is 15.4 Å². The number of hydrogen-bond donors (Lipinski definition) is 1. The van der Waals surface area contributed by atoms with E-state index in [4.69, 9.17) is 9.84 Å². The van der Waals surface area contributed by atoms with Gasteiger partial charge in [-0.1, -0.05) is 12.1 Å². The summed E-state index contributed by atoms with van der Waals surface area (Å²) in [7, 11) is 1.73. The molecule has 1 N–H and O–H groups in total. The summed E-state index contributed by atoms with van der Waals surface area (Å²) < 4.78 is 5.71. The van der Waals surface area contributed by atoms with Crippen LogP contribution >= 0.6 is 11.3 Å². The molecule has 27 heavy (non-hydrogen) atoms. The number of ether oxygens (including phenoxy) is 1. The molecule has 1 aliphatic heterocycles. The number of thiazole rings is 1. The van der Waals surface area contributed by atoms with Crippen molar-refractivity contribution in [1.82, 2.24) is 14.8 Å². The van der Waals surface area contributed by atoms with E-state index in [2.05, 4.69) is 4.98 Å². The molecule has 0 radical (unpaired) electrons. The number of aromatic nitrogens is 1. The standard InChI is InChI=1S/C19H23N3O4S/c1-13-20-17(12-27-13)14-4-3-5-15(8-14)19(25)22-6-7-26-16(10-22)9-21(2)11-18(23)24/h3-5,8,12,16H,6-7,9-11H2,1-2H3,(H,23,24). The number of carbonyl (C=O) groups excluding carboxylic acids is 1. The number of likely N-dealkylation sites (N-methyl/N-ethyl adjacent to an activating group) is 1. The zero-order valence-corrected chi connectivity index (χ0v) is 16.2. The summed E-state index contributed by atoms with van der Waals surface area (Å²) in [5, 5.41) is 11.8. The van der Waals surface area contributed by atoms with Gasteiger partial charge in [0.1, 0.15) is 0 Å². The minimum Gasteiger partial charge on any atom is -0.480 e. The summed E-state index contributed by atoms with van der Waals surface area (Å²) >= 11 is 1.58. The maximum absolute atomic E-state index is 12.9. The number of carboxylic acids is 1. The second kappa shape index (κ2) is 8.60. The first-order chi connectivity index (χ1) is 12.9. The predicted molar refractivity (Wildman–Crippen MR) is 103 cm³/mol. The van der Waals surface area contributed by atoms with E-state index >= 15 is 0 Å². The highest BCUT2D eigenvalue weighted by Gasteiger charge is 2.26. The minimum atomic E-state index is -0.879. The van der Waals surface area contributed by atoms with Crippen molar-refractivity contribution in [3.8, 4) is 11.3 Å². The number of nitrogens with zero attached hydrogens (tertiary/aromatic N) is 3. The van der Waals surface area contributed by atoms with Crippen LogP contribution < -0.4 is 0 Å². The molecule has 144 valence electrons. The van der Waals surface area contributed by atoms with Gasteiger partial charge in [0.05, 0.1) is 30.0 Å². The van der Waals surface area contributed by atoms with E-state index in [0.29, 0.717) is 31.8 Å². The smallest absolute Gasteiger partial charge is 0.317 e. The third-order valence-corrected chi connectivity index (χ3v) is 5.14. The van der Waals surface area contributed by atoms with Gasteiger partial charge in [-0.15, -0.1) is 11.3 Å². The number of aryl methyl sites for hydroxylation is 1. The molecule has 0 spiro atoms. The fraction of sp³-hybridized carbons (Fsp3) is 0.421. The zero-order chi connectivity index (χ0) is 19.4. The van der Waals surface area contributed by atoms with Crippen molar-refractivity contribution in [3.63, 3.8) is 0 Å². The highest BCUT2D eigenvalue weighted by molar-refractivity contribution is 7.09. The Morgan fingerprint density at radius 3 is 2.96 bits per heavy atom. The quantitative estimate of drug-likeness (QED) is 0.813. The van der Waals surface area contributed by atoms with Gasteiger partial charge in [0.2, 0.25) is 0 Å². The molecule has 2 heterocycles. The van der Waals surface area contributed by atoms with Crippen molar-refractivity contribution in [2.45, 2.75) is 13.0 Å². The van der Waals surface area contributed by atoms with Crippen LogP contribution in [0.5, 0.6) is 0 Å². The lowest BCUT2D eigenvalue weighted by molar-refractivity contribution is -0.138. The van der Waals surface area contributed by atoms with Crippen molar-refractivity contribution >= 4 is 23.2 Å². The molecule has 1 aromatic carbocycles. The first kappa shape index (κ1) is 19.5. The monoisotopic (exact) mass is 389 g/mol. The molecule has 1 saturated heterocycles. The van der Waals surface area contributed by atoms with Crippen LogP contribution in [0.15, 0.2) is 29.6 Å². The Hall–Kier alpha value is -2.29. The molecular formula is C19H23N3O4S. The van der Waals surface area contributed by atoms with E-state index in [0.717, 1.165) is 16.3 Å². The van der Waals surface area contributed by atoms with Crippen LogP contribution in [0.4, 0.5) is 0 Å². The minimum absolute atomic E-state index is 0.0435. The molecule has 2 aromatic rings. The van der Waals surface area contributed by atoms with Gasteiger partial charge in [-0.05, 0) is 26.1 Å². The Balaban J connectivity index is 1.67. The summed E-state index contributed by atoms with van der Waals surface area (Å²) in [6.45, 7) is 3.79. The summed E-state index contributed by atoms with van der Waals surface area (Å²) in [4.78, 5) is 31.7. The van der Waals surface area contributed by atoms with Crippen LogP contribution in [-0.2, 0) is 9.53 Å². The third-order valence-electron chi connectivity index (χ3n) is 4.37. The normalized spacial score (nSPS) is 17.3. The van der Waals surface area contributed by atoms with Crippen molar-refractivity contribution in [3.05, 3.63) is 40.2 Å². The van der Waals surface area contributed by atoms with Gasteiger partial charge >= 0.3 is 5.97 Å². The van der Waals surface area contributed by atoms with Gasteiger partial charge in [0.25, 0.3) is 5.91 Å². The van der Waals surface area contributed by atoms with Gasteiger partial charge in [0, 0.05) is 36.1 Å². The molecular weight excluding hydrogens is 366 g/mol. The van der Waals surface area contributed by atoms with Gasteiger partial charge < -0.3 is 14.7 Å². The Morgan fingerprint density at radius 1 is 1.44 bits per heavy atom. The van der Waals surface area contributed by atoms with Gasteiger partial charge in [-0.3, -0.25) is 14.5 Å². The molecule has 8 heteroatoms. The predicted octanol–water partition coefficient (Wildman–Crippen LogP) is 1.98. The van der Waals surface area contributed by atoms with Gasteiger partial charge in [-0.2, -0.15) is 0 Å². The summed E-state index contributed by atoms with van der Waals surface area (Å²) in [5.74, 6) is -0.923. The second-order valence-corrected chi connectivity index (χ2v) is 7.73. The van der Waals surface area contributed by atoms with E-state index in [-0.39, 0.29) is 18.6 Å². The molecule has 7 nitrogen and oxygen atoms in total. The molecule has 0 aliphatic carbocycles. The Kier molecular flexibility index (Phi) is 6.20. The molecule has 1 aliphatic rings. The molecule has 1 atom stereocenters. The van der Waals surface area contributed by atoms with Crippen molar-refractivity contribution in [2.75, 3.05) is 39.8 Å². The number of carboxylic acid groups (broad SMARTS) is 1. The fourth-order valence-electron chi connectivity index (χ4n) is 3.15. The molecule has 1 aromatic heterocycles. The molecule has 1 unspecified atom stereocenters. The Bertz CT molecular complexity index is 823. The molecule has 3 rings (SSSR count). The molecule has 1 amide bonds. The molecule has 0 bridgehead atoms. The summed E-state index contributed by atoms with van der Waals surface area (Å²) in [6.07, 6.45) is -0.198. The van der Waals surface area contributed by atoms with Crippen LogP contribution in [0, 0.1) is 6.92 Å².